The highest BCUT2D eigenvalue weighted by Gasteiger charge is 2.19. The SMILES string of the molecule is c1cc(-c2ccc3ccccc3c2)cc(N(c2ccc(-c3ccc4oc5ccccc5c4c3)cc2)c2ccccc2-c2ccc3sc4ccccc4c3c2)c1. The highest BCUT2D eigenvalue weighted by Crippen LogP contribution is 2.44. The average Bonchev–Trinajstić information content (AvgIpc) is 3.82. The van der Waals surface area contributed by atoms with Crippen molar-refractivity contribution in [2.75, 3.05) is 4.90 Å². The number of para-hydroxylation sites is 2. The maximum absolute atomic E-state index is 6.14. The summed E-state index contributed by atoms with van der Waals surface area (Å²) in [6.07, 6.45) is 0. The highest BCUT2D eigenvalue weighted by atomic mass is 32.1. The Balaban J connectivity index is 1.06. The van der Waals surface area contributed by atoms with Gasteiger partial charge in [-0.2, -0.15) is 0 Å². The van der Waals surface area contributed by atoms with Crippen LogP contribution in [0.4, 0.5) is 17.1 Å². The van der Waals surface area contributed by atoms with Gasteiger partial charge in [-0.15, -0.1) is 11.3 Å². The van der Waals surface area contributed by atoms with Gasteiger partial charge in [0.2, 0.25) is 0 Å². The second kappa shape index (κ2) is 12.9. The molecule has 0 aliphatic rings. The van der Waals surface area contributed by atoms with Crippen LogP contribution in [0.1, 0.15) is 0 Å². The van der Waals surface area contributed by atoms with Gasteiger partial charge in [-0.3, -0.25) is 0 Å². The van der Waals surface area contributed by atoms with Gasteiger partial charge in [-0.05, 0) is 111 Å². The van der Waals surface area contributed by atoms with Crippen molar-refractivity contribution in [2.45, 2.75) is 0 Å². The Morgan fingerprint density at radius 3 is 1.93 bits per heavy atom. The lowest BCUT2D eigenvalue weighted by atomic mass is 9.98. The topological polar surface area (TPSA) is 16.4 Å². The minimum atomic E-state index is 0.907. The molecule has 2 heterocycles. The van der Waals surface area contributed by atoms with Crippen molar-refractivity contribution in [2.24, 2.45) is 0 Å². The molecule has 0 aliphatic heterocycles. The molecule has 258 valence electrons. The molecule has 0 bridgehead atoms. The van der Waals surface area contributed by atoms with Crippen LogP contribution in [0.2, 0.25) is 0 Å². The second-order valence-corrected chi connectivity index (χ2v) is 15.2. The number of furan rings is 1. The highest BCUT2D eigenvalue weighted by molar-refractivity contribution is 7.25. The first kappa shape index (κ1) is 31.6. The standard InChI is InChI=1S/C52H33NOS/c1-2-11-36-30-38(21-20-34(36)10-1)37-12-9-13-42(31-37)53(41-26-22-35(23-27-41)39-24-28-50-46(32-39)44-15-4-7-18-49(44)54-50)48-17-6-3-14-43(48)40-25-29-52-47(33-40)45-16-5-8-19-51(45)55-52/h1-33H. The molecule has 11 rings (SSSR count). The first-order valence-electron chi connectivity index (χ1n) is 18.7. The van der Waals surface area contributed by atoms with Crippen LogP contribution in [-0.2, 0) is 0 Å². The van der Waals surface area contributed by atoms with Crippen LogP contribution in [0.3, 0.4) is 0 Å². The number of anilines is 3. The molecule has 0 N–H and O–H groups in total. The molecule has 3 heteroatoms. The number of hydrogen-bond donors (Lipinski definition) is 0. The molecule has 11 aromatic rings. The van der Waals surface area contributed by atoms with Crippen molar-refractivity contribution in [3.05, 3.63) is 200 Å². The number of benzene rings is 9. The zero-order chi connectivity index (χ0) is 36.3. The molecular formula is C52H33NOS. The molecule has 0 amide bonds. The summed E-state index contributed by atoms with van der Waals surface area (Å²) in [6.45, 7) is 0. The van der Waals surface area contributed by atoms with E-state index in [0.29, 0.717) is 0 Å². The van der Waals surface area contributed by atoms with Gasteiger partial charge in [0.05, 0.1) is 5.69 Å². The second-order valence-electron chi connectivity index (χ2n) is 14.1. The smallest absolute Gasteiger partial charge is 0.135 e. The summed E-state index contributed by atoms with van der Waals surface area (Å²) in [6, 6.07) is 72.4. The molecule has 55 heavy (non-hydrogen) atoms. The molecule has 9 aromatic carbocycles. The molecule has 0 radical (unpaired) electrons. The minimum absolute atomic E-state index is 0.907. The van der Waals surface area contributed by atoms with E-state index in [1.165, 1.54) is 53.2 Å². The summed E-state index contributed by atoms with van der Waals surface area (Å²) >= 11 is 1.86. The number of nitrogens with zero attached hydrogens (tertiary/aromatic N) is 1. The van der Waals surface area contributed by atoms with Crippen molar-refractivity contribution >= 4 is 81.3 Å². The molecule has 0 saturated carbocycles. The number of rotatable bonds is 6. The Kier molecular flexibility index (Phi) is 7.39. The summed E-state index contributed by atoms with van der Waals surface area (Å²) in [5.41, 5.74) is 12.2. The predicted molar refractivity (Wildman–Crippen MR) is 235 cm³/mol. The molecule has 0 aliphatic carbocycles. The maximum Gasteiger partial charge on any atom is 0.135 e. The third-order valence-corrected chi connectivity index (χ3v) is 12.0. The van der Waals surface area contributed by atoms with Crippen molar-refractivity contribution in [1.82, 2.24) is 0 Å². The fourth-order valence-electron chi connectivity index (χ4n) is 8.14. The molecule has 0 atom stereocenters. The van der Waals surface area contributed by atoms with Crippen LogP contribution in [0.15, 0.2) is 205 Å². The molecular weight excluding hydrogens is 687 g/mol. The average molecular weight is 720 g/mol. The lowest BCUT2D eigenvalue weighted by Gasteiger charge is -2.28. The number of hydrogen-bond acceptors (Lipinski definition) is 3. The molecule has 2 aromatic heterocycles. The normalized spacial score (nSPS) is 11.6. The van der Waals surface area contributed by atoms with E-state index in [4.69, 9.17) is 4.42 Å². The van der Waals surface area contributed by atoms with Crippen LogP contribution in [-0.4, -0.2) is 0 Å². The lowest BCUT2D eigenvalue weighted by Crippen LogP contribution is -2.11. The molecule has 0 spiro atoms. The quantitative estimate of drug-likeness (QED) is 0.170. The zero-order valence-corrected chi connectivity index (χ0v) is 30.6. The summed E-state index contributed by atoms with van der Waals surface area (Å²) in [7, 11) is 0. The Bertz CT molecular complexity index is 3220. The van der Waals surface area contributed by atoms with Crippen molar-refractivity contribution in [1.29, 1.82) is 0 Å². The Hall–Kier alpha value is -6.94. The third-order valence-electron chi connectivity index (χ3n) is 10.9. The van der Waals surface area contributed by atoms with Gasteiger partial charge >= 0.3 is 0 Å². The van der Waals surface area contributed by atoms with Gasteiger partial charge in [0.25, 0.3) is 0 Å². The van der Waals surface area contributed by atoms with Gasteiger partial charge in [0.1, 0.15) is 11.2 Å². The third kappa shape index (κ3) is 5.48. The van der Waals surface area contributed by atoms with E-state index < -0.39 is 0 Å². The Morgan fingerprint density at radius 2 is 1.00 bits per heavy atom. The van der Waals surface area contributed by atoms with E-state index in [9.17, 15) is 0 Å². The van der Waals surface area contributed by atoms with Gasteiger partial charge in [-0.25, -0.2) is 0 Å². The first-order valence-corrected chi connectivity index (χ1v) is 19.5. The van der Waals surface area contributed by atoms with Crippen LogP contribution in [0.25, 0.3) is 86.3 Å². The largest absolute Gasteiger partial charge is 0.456 e. The van der Waals surface area contributed by atoms with E-state index in [-0.39, 0.29) is 0 Å². The number of thiophene rings is 1. The van der Waals surface area contributed by atoms with Gasteiger partial charge in [0, 0.05) is 47.9 Å². The summed E-state index contributed by atoms with van der Waals surface area (Å²) in [4.78, 5) is 2.41. The van der Waals surface area contributed by atoms with E-state index in [0.717, 1.165) is 50.1 Å². The fraction of sp³-hybridized carbons (Fsp3) is 0. The monoisotopic (exact) mass is 719 g/mol. The van der Waals surface area contributed by atoms with E-state index >= 15 is 0 Å². The predicted octanol–water partition coefficient (Wildman–Crippen LogP) is 15.6. The molecule has 0 fully saturated rings. The first-order chi connectivity index (χ1) is 27.2. The summed E-state index contributed by atoms with van der Waals surface area (Å²) < 4.78 is 8.76. The van der Waals surface area contributed by atoms with E-state index in [1.807, 2.05) is 23.5 Å². The Labute approximate surface area is 322 Å². The zero-order valence-electron chi connectivity index (χ0n) is 29.8. The maximum atomic E-state index is 6.14. The van der Waals surface area contributed by atoms with Gasteiger partial charge in [0.15, 0.2) is 0 Å². The molecule has 0 saturated heterocycles. The number of fused-ring (bicyclic) bond motifs is 7. The van der Waals surface area contributed by atoms with Crippen molar-refractivity contribution in [3.8, 4) is 33.4 Å². The van der Waals surface area contributed by atoms with Crippen molar-refractivity contribution in [3.63, 3.8) is 0 Å². The van der Waals surface area contributed by atoms with Crippen molar-refractivity contribution < 1.29 is 4.42 Å². The summed E-state index contributed by atoms with van der Waals surface area (Å²) in [5, 5.41) is 7.35. The lowest BCUT2D eigenvalue weighted by molar-refractivity contribution is 0.669. The van der Waals surface area contributed by atoms with Crippen LogP contribution in [0, 0.1) is 0 Å². The Morgan fingerprint density at radius 1 is 0.345 bits per heavy atom. The molecule has 0 unspecified atom stereocenters. The van der Waals surface area contributed by atoms with Crippen LogP contribution >= 0.6 is 11.3 Å². The minimum Gasteiger partial charge on any atom is -0.456 e. The molecule has 2 nitrogen and oxygen atoms in total. The van der Waals surface area contributed by atoms with Crippen LogP contribution in [0.5, 0.6) is 0 Å². The van der Waals surface area contributed by atoms with Gasteiger partial charge in [-0.1, -0.05) is 127 Å². The summed E-state index contributed by atoms with van der Waals surface area (Å²) in [5.74, 6) is 0. The fourth-order valence-corrected chi connectivity index (χ4v) is 9.22. The van der Waals surface area contributed by atoms with E-state index in [2.05, 4.69) is 193 Å². The van der Waals surface area contributed by atoms with Crippen LogP contribution < -0.4 is 4.90 Å². The van der Waals surface area contributed by atoms with Gasteiger partial charge < -0.3 is 9.32 Å². The van der Waals surface area contributed by atoms with E-state index in [1.54, 1.807) is 0 Å².